The number of H-pyrrole nitrogens is 1. The van der Waals surface area contributed by atoms with Crippen LogP contribution in [0.5, 0.6) is 0 Å². The summed E-state index contributed by atoms with van der Waals surface area (Å²) in [6.45, 7) is 1.58. The highest BCUT2D eigenvalue weighted by atomic mass is 16.5. The lowest BCUT2D eigenvalue weighted by molar-refractivity contribution is -0.149. The van der Waals surface area contributed by atoms with E-state index in [9.17, 15) is 14.7 Å². The molecule has 0 aliphatic heterocycles. The highest BCUT2D eigenvalue weighted by Gasteiger charge is 2.26. The maximum Gasteiger partial charge on any atom is 0.311 e. The number of nitrogens with zero attached hydrogens (tertiary/aromatic N) is 2. The Balaban J connectivity index is 1.75. The molecule has 3 aromatic rings. The third-order valence-electron chi connectivity index (χ3n) is 4.94. The van der Waals surface area contributed by atoms with Crippen molar-refractivity contribution in [3.05, 3.63) is 72.1 Å². The molecule has 8 heteroatoms. The van der Waals surface area contributed by atoms with Crippen molar-refractivity contribution in [3.8, 4) is 11.1 Å². The van der Waals surface area contributed by atoms with Crippen LogP contribution in [0, 0.1) is 5.92 Å². The first-order chi connectivity index (χ1) is 15.1. The van der Waals surface area contributed by atoms with Crippen LogP contribution in [0.15, 0.2) is 60.8 Å². The van der Waals surface area contributed by atoms with Crippen LogP contribution in [0.1, 0.15) is 29.4 Å². The number of aromatic amines is 1. The van der Waals surface area contributed by atoms with Crippen LogP contribution < -0.4 is 5.32 Å². The largest absolute Gasteiger partial charge is 0.466 e. The van der Waals surface area contributed by atoms with Crippen molar-refractivity contribution >= 4 is 11.9 Å². The van der Waals surface area contributed by atoms with Gasteiger partial charge < -0.3 is 15.2 Å². The Morgan fingerprint density at radius 3 is 2.42 bits per heavy atom. The van der Waals surface area contributed by atoms with Crippen LogP contribution in [0.25, 0.3) is 11.1 Å². The van der Waals surface area contributed by atoms with E-state index in [1.165, 1.54) is 6.20 Å². The van der Waals surface area contributed by atoms with E-state index >= 15 is 0 Å². The Morgan fingerprint density at radius 2 is 1.81 bits per heavy atom. The lowest BCUT2D eigenvalue weighted by Gasteiger charge is -2.22. The van der Waals surface area contributed by atoms with E-state index in [1.54, 1.807) is 6.92 Å². The number of aromatic nitrogens is 3. The third-order valence-corrected chi connectivity index (χ3v) is 4.94. The molecule has 1 aromatic heterocycles. The summed E-state index contributed by atoms with van der Waals surface area (Å²) in [4.78, 5) is 24.7. The van der Waals surface area contributed by atoms with Crippen molar-refractivity contribution in [2.45, 2.75) is 25.8 Å². The fourth-order valence-corrected chi connectivity index (χ4v) is 3.36. The second-order valence-corrected chi connectivity index (χ2v) is 7.16. The molecule has 2 atom stereocenters. The summed E-state index contributed by atoms with van der Waals surface area (Å²) in [6, 6.07) is 17.7. The molecule has 0 aliphatic rings. The Morgan fingerprint density at radius 1 is 1.10 bits per heavy atom. The van der Waals surface area contributed by atoms with Crippen LogP contribution >= 0.6 is 0 Å². The fraction of sp³-hybridized carbons (Fsp3) is 0.304. The molecule has 2 aromatic carbocycles. The number of rotatable bonds is 10. The van der Waals surface area contributed by atoms with Crippen LogP contribution in [0.4, 0.5) is 0 Å². The van der Waals surface area contributed by atoms with E-state index in [-0.39, 0.29) is 25.3 Å². The predicted octanol–water partition coefficient (Wildman–Crippen LogP) is 2.37. The number of aliphatic hydroxyl groups is 1. The molecule has 31 heavy (non-hydrogen) atoms. The molecule has 0 aliphatic carbocycles. The zero-order chi connectivity index (χ0) is 22.1. The molecule has 0 saturated carbocycles. The number of amides is 1. The van der Waals surface area contributed by atoms with Crippen LogP contribution in [-0.2, 0) is 16.0 Å². The molecule has 0 fully saturated rings. The predicted molar refractivity (Wildman–Crippen MR) is 115 cm³/mol. The van der Waals surface area contributed by atoms with Gasteiger partial charge in [0, 0.05) is 6.04 Å². The summed E-state index contributed by atoms with van der Waals surface area (Å²) >= 11 is 0. The minimum absolute atomic E-state index is 0.154. The van der Waals surface area contributed by atoms with Crippen LogP contribution in [0.3, 0.4) is 0 Å². The van der Waals surface area contributed by atoms with Crippen LogP contribution in [-0.4, -0.2) is 51.6 Å². The fourth-order valence-electron chi connectivity index (χ4n) is 3.36. The summed E-state index contributed by atoms with van der Waals surface area (Å²) in [5.41, 5.74) is 3.35. The maximum absolute atomic E-state index is 12.5. The molecular formula is C23H26N4O4. The van der Waals surface area contributed by atoms with Gasteiger partial charge in [0.2, 0.25) is 0 Å². The first kappa shape index (κ1) is 22.2. The summed E-state index contributed by atoms with van der Waals surface area (Å²) in [5, 5.41) is 22.4. The Bertz CT molecular complexity index is 959. The van der Waals surface area contributed by atoms with Gasteiger partial charge in [-0.2, -0.15) is 15.4 Å². The van der Waals surface area contributed by atoms with Crippen molar-refractivity contribution < 1.29 is 19.4 Å². The molecule has 1 heterocycles. The Hall–Kier alpha value is -3.52. The number of nitrogens with one attached hydrogen (secondary N) is 2. The molecule has 3 N–H and O–H groups in total. The quantitative estimate of drug-likeness (QED) is 0.432. The highest BCUT2D eigenvalue weighted by molar-refractivity contribution is 5.92. The number of carbonyl (C=O) groups excluding carboxylic acids is 2. The Labute approximate surface area is 180 Å². The molecule has 0 radical (unpaired) electrons. The zero-order valence-electron chi connectivity index (χ0n) is 17.3. The summed E-state index contributed by atoms with van der Waals surface area (Å²) < 4.78 is 5.05. The molecule has 0 spiro atoms. The molecule has 162 valence electrons. The van der Waals surface area contributed by atoms with Gasteiger partial charge in [-0.3, -0.25) is 9.59 Å². The SMILES string of the molecule is CCOC(=O)[C@H](CO)C[C@@H](Cc1ccc(-c2ccccc2)cc1)NC(=O)c1cn[nH]n1. The van der Waals surface area contributed by atoms with Crippen LogP contribution in [0.2, 0.25) is 0 Å². The monoisotopic (exact) mass is 422 g/mol. The van der Waals surface area contributed by atoms with Crippen molar-refractivity contribution in [1.82, 2.24) is 20.7 Å². The van der Waals surface area contributed by atoms with Crippen molar-refractivity contribution in [3.63, 3.8) is 0 Å². The number of carbonyl (C=O) groups is 2. The summed E-state index contributed by atoms with van der Waals surface area (Å²) in [7, 11) is 0. The van der Waals surface area contributed by atoms with E-state index < -0.39 is 23.8 Å². The first-order valence-electron chi connectivity index (χ1n) is 10.2. The number of aliphatic hydroxyl groups excluding tert-OH is 1. The van der Waals surface area contributed by atoms with Gasteiger partial charge in [-0.1, -0.05) is 54.6 Å². The van der Waals surface area contributed by atoms with Crippen molar-refractivity contribution in [2.24, 2.45) is 5.92 Å². The molecule has 3 rings (SSSR count). The smallest absolute Gasteiger partial charge is 0.311 e. The molecule has 0 unspecified atom stereocenters. The van der Waals surface area contributed by atoms with E-state index in [0.717, 1.165) is 16.7 Å². The van der Waals surface area contributed by atoms with Gasteiger partial charge in [0.05, 0.1) is 25.3 Å². The third kappa shape index (κ3) is 6.23. The summed E-state index contributed by atoms with van der Waals surface area (Å²) in [5.74, 6) is -1.61. The van der Waals surface area contributed by atoms with Crippen molar-refractivity contribution in [1.29, 1.82) is 0 Å². The minimum atomic E-state index is -0.730. The standard InChI is InChI=1S/C23H26N4O4/c1-2-31-23(30)19(15-28)13-20(25-22(29)21-14-24-27-26-21)12-16-8-10-18(11-9-16)17-6-4-3-5-7-17/h3-11,14,19-20,28H,2,12-13,15H2,1H3,(H,25,29)(H,24,26,27)/t19-,20+/m0/s1. The van der Waals surface area contributed by atoms with Crippen molar-refractivity contribution in [2.75, 3.05) is 13.2 Å². The topological polar surface area (TPSA) is 117 Å². The second kappa shape index (κ2) is 11.0. The molecular weight excluding hydrogens is 396 g/mol. The lowest BCUT2D eigenvalue weighted by Crippen LogP contribution is -2.40. The van der Waals surface area contributed by atoms with E-state index in [4.69, 9.17) is 4.74 Å². The van der Waals surface area contributed by atoms with Gasteiger partial charge in [-0.15, -0.1) is 0 Å². The number of esters is 1. The van der Waals surface area contributed by atoms with Gasteiger partial charge in [0.1, 0.15) is 0 Å². The maximum atomic E-state index is 12.5. The van der Waals surface area contributed by atoms with E-state index in [2.05, 4.69) is 20.7 Å². The van der Waals surface area contributed by atoms with Gasteiger partial charge in [-0.05, 0) is 36.5 Å². The molecule has 1 amide bonds. The molecule has 0 bridgehead atoms. The van der Waals surface area contributed by atoms with E-state index in [0.29, 0.717) is 6.42 Å². The number of hydrogen-bond acceptors (Lipinski definition) is 6. The van der Waals surface area contributed by atoms with Gasteiger partial charge in [0.15, 0.2) is 5.69 Å². The second-order valence-electron chi connectivity index (χ2n) is 7.16. The first-order valence-corrected chi connectivity index (χ1v) is 10.2. The zero-order valence-corrected chi connectivity index (χ0v) is 17.3. The average Bonchev–Trinajstić information content (AvgIpc) is 3.34. The normalized spacial score (nSPS) is 12.7. The Kier molecular flexibility index (Phi) is 7.89. The van der Waals surface area contributed by atoms with Gasteiger partial charge >= 0.3 is 5.97 Å². The number of ether oxygens (including phenoxy) is 1. The molecule has 0 saturated heterocycles. The van der Waals surface area contributed by atoms with Gasteiger partial charge in [0.25, 0.3) is 5.91 Å². The molecule has 8 nitrogen and oxygen atoms in total. The number of hydrogen-bond donors (Lipinski definition) is 3. The highest BCUT2D eigenvalue weighted by Crippen LogP contribution is 2.21. The summed E-state index contributed by atoms with van der Waals surface area (Å²) in [6.07, 6.45) is 2.05. The number of benzene rings is 2. The lowest BCUT2D eigenvalue weighted by atomic mass is 9.94. The minimum Gasteiger partial charge on any atom is -0.466 e. The average molecular weight is 422 g/mol. The van der Waals surface area contributed by atoms with Gasteiger partial charge in [-0.25, -0.2) is 0 Å². The van der Waals surface area contributed by atoms with E-state index in [1.807, 2.05) is 54.6 Å².